The van der Waals surface area contributed by atoms with E-state index in [1.807, 2.05) is 79.7 Å². The van der Waals surface area contributed by atoms with E-state index >= 15 is 0 Å². The summed E-state index contributed by atoms with van der Waals surface area (Å²) in [6.45, 7) is 2.40. The van der Waals surface area contributed by atoms with Gasteiger partial charge in [0.1, 0.15) is 10.9 Å². The number of carbonyl (C=O) groups is 2. The van der Waals surface area contributed by atoms with Crippen LogP contribution in [0.5, 0.6) is 0 Å². The van der Waals surface area contributed by atoms with Crippen LogP contribution in [-0.4, -0.2) is 34.1 Å². The molecular weight excluding hydrogens is 400 g/mol. The van der Waals surface area contributed by atoms with Gasteiger partial charge in [-0.1, -0.05) is 90.7 Å². The molecule has 2 aromatic rings. The standard InChI is InChI=1S/C23H22N2O2S2/c1-17(14-19-10-6-3-7-11-19)15-20-22(27)25(23(28)29-20)16-21(26)24-13-12-18-8-4-2-5-9-18/h2-11,14-15H,12-13,16H2,1H3,(H,24,26). The highest BCUT2D eigenvalue weighted by Gasteiger charge is 2.33. The number of allylic oxidation sites excluding steroid dienone is 2. The van der Waals surface area contributed by atoms with Gasteiger partial charge in [-0.3, -0.25) is 14.5 Å². The number of nitrogens with one attached hydrogen (secondary N) is 1. The van der Waals surface area contributed by atoms with Crippen molar-refractivity contribution in [3.8, 4) is 0 Å². The van der Waals surface area contributed by atoms with Gasteiger partial charge in [0.05, 0.1) is 4.91 Å². The number of thioether (sulfide) groups is 1. The number of rotatable bonds is 7. The van der Waals surface area contributed by atoms with Crippen molar-refractivity contribution in [3.63, 3.8) is 0 Å². The van der Waals surface area contributed by atoms with Crippen LogP contribution < -0.4 is 5.32 Å². The third kappa shape index (κ3) is 6.14. The first-order valence-corrected chi connectivity index (χ1v) is 10.5. The normalized spacial score (nSPS) is 15.8. The summed E-state index contributed by atoms with van der Waals surface area (Å²) in [4.78, 5) is 26.8. The molecule has 0 unspecified atom stereocenters. The van der Waals surface area contributed by atoms with Crippen LogP contribution >= 0.6 is 24.0 Å². The second-order valence-corrected chi connectivity index (χ2v) is 8.33. The number of benzene rings is 2. The highest BCUT2D eigenvalue weighted by Crippen LogP contribution is 2.31. The lowest BCUT2D eigenvalue weighted by Crippen LogP contribution is -2.40. The van der Waals surface area contributed by atoms with Gasteiger partial charge in [-0.05, 0) is 36.1 Å². The molecule has 3 rings (SSSR count). The Bertz CT molecular complexity index is 953. The van der Waals surface area contributed by atoms with Gasteiger partial charge in [0.15, 0.2) is 0 Å². The summed E-state index contributed by atoms with van der Waals surface area (Å²) in [5.41, 5.74) is 3.17. The molecule has 0 saturated carbocycles. The predicted molar refractivity (Wildman–Crippen MR) is 123 cm³/mol. The maximum atomic E-state index is 12.7. The average Bonchev–Trinajstić information content (AvgIpc) is 2.97. The van der Waals surface area contributed by atoms with Crippen LogP contribution in [0.1, 0.15) is 18.1 Å². The zero-order chi connectivity index (χ0) is 20.6. The first-order chi connectivity index (χ1) is 14.0. The molecule has 0 radical (unpaired) electrons. The number of carbonyl (C=O) groups excluding carboxylic acids is 2. The lowest BCUT2D eigenvalue weighted by Gasteiger charge is -2.14. The van der Waals surface area contributed by atoms with E-state index in [9.17, 15) is 9.59 Å². The Balaban J connectivity index is 1.55. The second-order valence-electron chi connectivity index (χ2n) is 6.65. The van der Waals surface area contributed by atoms with Gasteiger partial charge in [0, 0.05) is 6.54 Å². The van der Waals surface area contributed by atoms with Gasteiger partial charge in [0.2, 0.25) is 5.91 Å². The lowest BCUT2D eigenvalue weighted by atomic mass is 10.1. The molecular formula is C23H22N2O2S2. The molecule has 6 heteroatoms. The van der Waals surface area contributed by atoms with E-state index in [1.165, 1.54) is 16.7 Å². The number of hydrogen-bond donors (Lipinski definition) is 1. The molecule has 1 heterocycles. The molecule has 1 saturated heterocycles. The van der Waals surface area contributed by atoms with E-state index in [0.29, 0.717) is 15.8 Å². The Kier molecular flexibility index (Phi) is 7.38. The Hall–Kier alpha value is -2.70. The first-order valence-electron chi connectivity index (χ1n) is 9.32. The molecule has 4 nitrogen and oxygen atoms in total. The smallest absolute Gasteiger partial charge is 0.266 e. The monoisotopic (exact) mass is 422 g/mol. The summed E-state index contributed by atoms with van der Waals surface area (Å²) in [7, 11) is 0. The molecule has 148 valence electrons. The minimum absolute atomic E-state index is 0.0573. The fourth-order valence-electron chi connectivity index (χ4n) is 2.89. The first kappa shape index (κ1) is 21.0. The van der Waals surface area contributed by atoms with E-state index in [2.05, 4.69) is 5.32 Å². The van der Waals surface area contributed by atoms with Crippen LogP contribution in [0.4, 0.5) is 0 Å². The summed E-state index contributed by atoms with van der Waals surface area (Å²) >= 11 is 6.54. The minimum Gasteiger partial charge on any atom is -0.354 e. The Morgan fingerprint density at radius 2 is 1.76 bits per heavy atom. The van der Waals surface area contributed by atoms with Crippen molar-refractivity contribution in [3.05, 3.63) is 88.3 Å². The molecule has 0 spiro atoms. The van der Waals surface area contributed by atoms with E-state index in [0.717, 1.165) is 23.1 Å². The topological polar surface area (TPSA) is 49.4 Å². The van der Waals surface area contributed by atoms with Gasteiger partial charge >= 0.3 is 0 Å². The Morgan fingerprint density at radius 3 is 2.45 bits per heavy atom. The van der Waals surface area contributed by atoms with Crippen LogP contribution in [0, 0.1) is 0 Å². The van der Waals surface area contributed by atoms with Crippen LogP contribution in [-0.2, 0) is 16.0 Å². The minimum atomic E-state index is -0.223. The maximum absolute atomic E-state index is 12.7. The van der Waals surface area contributed by atoms with E-state index in [4.69, 9.17) is 12.2 Å². The predicted octanol–water partition coefficient (Wildman–Crippen LogP) is 4.19. The number of hydrogen-bond acceptors (Lipinski definition) is 4. The SMILES string of the molecule is CC(=Cc1ccccc1)C=C1SC(=S)N(CC(=O)NCCc2ccccc2)C1=O. The average molecular weight is 423 g/mol. The molecule has 1 fully saturated rings. The van der Waals surface area contributed by atoms with Crippen LogP contribution in [0.2, 0.25) is 0 Å². The van der Waals surface area contributed by atoms with Crippen molar-refractivity contribution in [1.29, 1.82) is 0 Å². The fourth-order valence-corrected chi connectivity index (χ4v) is 4.19. The molecule has 1 aliphatic rings. The highest BCUT2D eigenvalue weighted by molar-refractivity contribution is 8.26. The molecule has 1 aliphatic heterocycles. The molecule has 0 aromatic heterocycles. The molecule has 2 amide bonds. The van der Waals surface area contributed by atoms with Crippen LogP contribution in [0.15, 0.2) is 77.2 Å². The number of thiocarbonyl (C=S) groups is 1. The van der Waals surface area contributed by atoms with Gasteiger partial charge in [-0.25, -0.2) is 0 Å². The van der Waals surface area contributed by atoms with Crippen molar-refractivity contribution in [2.24, 2.45) is 0 Å². The maximum Gasteiger partial charge on any atom is 0.266 e. The van der Waals surface area contributed by atoms with E-state index < -0.39 is 0 Å². The lowest BCUT2D eigenvalue weighted by molar-refractivity contribution is -0.128. The van der Waals surface area contributed by atoms with Crippen molar-refractivity contribution in [2.75, 3.05) is 13.1 Å². The fraction of sp³-hybridized carbons (Fsp3) is 0.174. The highest BCUT2D eigenvalue weighted by atomic mass is 32.2. The van der Waals surface area contributed by atoms with Gasteiger partial charge in [-0.15, -0.1) is 0 Å². The molecule has 2 aromatic carbocycles. The summed E-state index contributed by atoms with van der Waals surface area (Å²) in [6.07, 6.45) is 4.57. The van der Waals surface area contributed by atoms with Crippen molar-refractivity contribution < 1.29 is 9.59 Å². The van der Waals surface area contributed by atoms with Crippen molar-refractivity contribution in [2.45, 2.75) is 13.3 Å². The largest absolute Gasteiger partial charge is 0.354 e. The second kappa shape index (κ2) is 10.2. The molecule has 29 heavy (non-hydrogen) atoms. The molecule has 0 atom stereocenters. The third-order valence-electron chi connectivity index (χ3n) is 4.31. The van der Waals surface area contributed by atoms with Crippen LogP contribution in [0.25, 0.3) is 6.08 Å². The van der Waals surface area contributed by atoms with Gasteiger partial charge in [-0.2, -0.15) is 0 Å². The number of nitrogens with zero attached hydrogens (tertiary/aromatic N) is 1. The molecule has 0 aliphatic carbocycles. The van der Waals surface area contributed by atoms with Crippen molar-refractivity contribution in [1.82, 2.24) is 10.2 Å². The number of amides is 2. The quantitative estimate of drug-likeness (QED) is 0.537. The van der Waals surface area contributed by atoms with Crippen LogP contribution in [0.3, 0.4) is 0 Å². The van der Waals surface area contributed by atoms with Gasteiger partial charge in [0.25, 0.3) is 5.91 Å². The Morgan fingerprint density at radius 1 is 1.10 bits per heavy atom. The summed E-state index contributed by atoms with van der Waals surface area (Å²) in [5.74, 6) is -0.436. The van der Waals surface area contributed by atoms with Gasteiger partial charge < -0.3 is 5.32 Å². The summed E-state index contributed by atoms with van der Waals surface area (Å²) in [6, 6.07) is 19.8. The Labute approximate surface area is 180 Å². The van der Waals surface area contributed by atoms with Crippen molar-refractivity contribution >= 4 is 46.2 Å². The zero-order valence-electron chi connectivity index (χ0n) is 16.1. The van der Waals surface area contributed by atoms with E-state index in [-0.39, 0.29) is 18.4 Å². The summed E-state index contributed by atoms with van der Waals surface area (Å²) < 4.78 is 0.409. The molecule has 0 bridgehead atoms. The van der Waals surface area contributed by atoms with E-state index in [1.54, 1.807) is 0 Å². The third-order valence-corrected chi connectivity index (χ3v) is 5.68. The molecule has 1 N–H and O–H groups in total. The summed E-state index contributed by atoms with van der Waals surface area (Å²) in [5, 5.41) is 2.85. The zero-order valence-corrected chi connectivity index (χ0v) is 17.8.